The number of hydrogen-bond acceptors (Lipinski definition) is 6. The van der Waals surface area contributed by atoms with E-state index in [1.54, 1.807) is 0 Å². The van der Waals surface area contributed by atoms with E-state index in [1.165, 1.54) is 6.92 Å². The number of amides is 1. The van der Waals surface area contributed by atoms with Crippen LogP contribution in [0.2, 0.25) is 0 Å². The molecule has 0 radical (unpaired) electrons. The third kappa shape index (κ3) is 3.05. The van der Waals surface area contributed by atoms with Gasteiger partial charge in [-0.2, -0.15) is 0 Å². The number of nitrogens with one attached hydrogen (secondary N) is 1. The van der Waals surface area contributed by atoms with Crippen molar-refractivity contribution in [2.24, 2.45) is 5.11 Å². The van der Waals surface area contributed by atoms with Crippen molar-refractivity contribution in [1.82, 2.24) is 5.32 Å². The first-order chi connectivity index (χ1) is 8.01. The lowest BCUT2D eigenvalue weighted by Gasteiger charge is -2.40. The summed E-state index contributed by atoms with van der Waals surface area (Å²) in [5.41, 5.74) is 8.34. The standard InChI is InChI=1S/C8H14N4O5/c1-3(14)10-6-7(15)5(11-12-9)4(2-13)17-8(6)16/h4-8,13,15-16H,2H2,1H3,(H,10,14)/t4?,5-,6?,7+,8?/m1/s1. The molecule has 1 aliphatic rings. The highest BCUT2D eigenvalue weighted by Crippen LogP contribution is 2.22. The molecule has 0 aliphatic carbocycles. The predicted molar refractivity (Wildman–Crippen MR) is 54.5 cm³/mol. The number of nitrogens with zero attached hydrogens (tertiary/aromatic N) is 3. The van der Waals surface area contributed by atoms with Gasteiger partial charge in [0.1, 0.15) is 6.04 Å². The van der Waals surface area contributed by atoms with E-state index in [4.69, 9.17) is 15.4 Å². The highest BCUT2D eigenvalue weighted by atomic mass is 16.6. The van der Waals surface area contributed by atoms with Crippen LogP contribution < -0.4 is 5.32 Å². The Hall–Kier alpha value is -1.38. The van der Waals surface area contributed by atoms with Gasteiger partial charge in [0, 0.05) is 11.8 Å². The maximum absolute atomic E-state index is 10.9. The molecule has 0 spiro atoms. The lowest BCUT2D eigenvalue weighted by molar-refractivity contribution is -0.221. The van der Waals surface area contributed by atoms with Crippen molar-refractivity contribution in [2.75, 3.05) is 6.61 Å². The lowest BCUT2D eigenvalue weighted by atomic mass is 9.95. The molecule has 3 unspecified atom stereocenters. The average molecular weight is 246 g/mol. The maximum Gasteiger partial charge on any atom is 0.217 e. The van der Waals surface area contributed by atoms with E-state index in [0.29, 0.717) is 0 Å². The molecule has 9 heteroatoms. The van der Waals surface area contributed by atoms with Gasteiger partial charge in [0.2, 0.25) is 5.91 Å². The van der Waals surface area contributed by atoms with Crippen LogP contribution in [0.1, 0.15) is 6.92 Å². The Balaban J connectivity index is 2.88. The topological polar surface area (TPSA) is 148 Å². The first-order valence-corrected chi connectivity index (χ1v) is 4.95. The molecule has 0 bridgehead atoms. The van der Waals surface area contributed by atoms with Crippen LogP contribution in [0.5, 0.6) is 0 Å². The predicted octanol–water partition coefficient (Wildman–Crippen LogP) is -1.76. The Bertz CT molecular complexity index is 332. The van der Waals surface area contributed by atoms with E-state index in [9.17, 15) is 15.0 Å². The third-order valence-corrected chi connectivity index (χ3v) is 2.46. The Morgan fingerprint density at radius 2 is 2.24 bits per heavy atom. The largest absolute Gasteiger partial charge is 0.394 e. The van der Waals surface area contributed by atoms with Gasteiger partial charge in [0.15, 0.2) is 6.29 Å². The second-order valence-electron chi connectivity index (χ2n) is 3.66. The Morgan fingerprint density at radius 3 is 2.71 bits per heavy atom. The van der Waals surface area contributed by atoms with Crippen molar-refractivity contribution in [3.05, 3.63) is 10.4 Å². The van der Waals surface area contributed by atoms with Crippen LogP contribution in [0.15, 0.2) is 5.11 Å². The summed E-state index contributed by atoms with van der Waals surface area (Å²) in [5.74, 6) is -0.473. The Labute approximate surface area is 96.6 Å². The molecule has 0 aromatic rings. The zero-order chi connectivity index (χ0) is 13.0. The second-order valence-corrected chi connectivity index (χ2v) is 3.66. The normalized spacial score (nSPS) is 37.1. The highest BCUT2D eigenvalue weighted by Gasteiger charge is 2.44. The third-order valence-electron chi connectivity index (χ3n) is 2.46. The molecule has 1 rings (SSSR count). The molecule has 4 N–H and O–H groups in total. The number of carbonyl (C=O) groups is 1. The minimum Gasteiger partial charge on any atom is -0.394 e. The van der Waals surface area contributed by atoms with Crippen molar-refractivity contribution < 1.29 is 24.9 Å². The summed E-state index contributed by atoms with van der Waals surface area (Å²) in [4.78, 5) is 13.4. The van der Waals surface area contributed by atoms with Gasteiger partial charge in [-0.05, 0) is 5.53 Å². The fourth-order valence-electron chi connectivity index (χ4n) is 1.69. The van der Waals surface area contributed by atoms with Gasteiger partial charge in [-0.3, -0.25) is 4.79 Å². The van der Waals surface area contributed by atoms with Crippen molar-refractivity contribution >= 4 is 5.91 Å². The fraction of sp³-hybridized carbons (Fsp3) is 0.875. The Kier molecular flexibility index (Phi) is 4.67. The second kappa shape index (κ2) is 5.80. The van der Waals surface area contributed by atoms with Crippen molar-refractivity contribution in [1.29, 1.82) is 0 Å². The van der Waals surface area contributed by atoms with E-state index < -0.39 is 43.1 Å². The smallest absolute Gasteiger partial charge is 0.217 e. The first-order valence-electron chi connectivity index (χ1n) is 4.95. The molecule has 17 heavy (non-hydrogen) atoms. The number of carbonyl (C=O) groups excluding carboxylic acids is 1. The number of aliphatic hydroxyl groups is 3. The zero-order valence-corrected chi connectivity index (χ0v) is 9.09. The SMILES string of the molecule is CC(=O)NC1C(O)OC(CO)[C@@H](N=[N+]=[N-])[C@@H]1O. The van der Waals surface area contributed by atoms with Crippen molar-refractivity contribution in [3.8, 4) is 0 Å². The summed E-state index contributed by atoms with van der Waals surface area (Å²) in [6.07, 6.45) is -3.83. The van der Waals surface area contributed by atoms with Crippen LogP contribution in [0, 0.1) is 0 Å². The van der Waals surface area contributed by atoms with Crippen LogP contribution in [0.25, 0.3) is 10.4 Å². The summed E-state index contributed by atoms with van der Waals surface area (Å²) in [6.45, 7) is 0.685. The molecule has 0 aromatic carbocycles. The van der Waals surface area contributed by atoms with Crippen LogP contribution >= 0.6 is 0 Å². The van der Waals surface area contributed by atoms with E-state index in [2.05, 4.69) is 15.3 Å². The van der Waals surface area contributed by atoms with E-state index in [0.717, 1.165) is 0 Å². The monoisotopic (exact) mass is 246 g/mol. The molecular formula is C8H14N4O5. The Morgan fingerprint density at radius 1 is 1.59 bits per heavy atom. The first kappa shape index (κ1) is 13.7. The highest BCUT2D eigenvalue weighted by molar-refractivity contribution is 5.73. The minimum absolute atomic E-state index is 0.473. The van der Waals surface area contributed by atoms with Crippen LogP contribution in [-0.2, 0) is 9.53 Å². The number of ether oxygens (including phenoxy) is 1. The molecule has 1 saturated heterocycles. The van der Waals surface area contributed by atoms with E-state index >= 15 is 0 Å². The fourth-order valence-corrected chi connectivity index (χ4v) is 1.69. The molecule has 96 valence electrons. The number of rotatable bonds is 3. The molecule has 1 aliphatic heterocycles. The van der Waals surface area contributed by atoms with Crippen LogP contribution in [-0.4, -0.2) is 58.4 Å². The van der Waals surface area contributed by atoms with Gasteiger partial charge in [0.05, 0.1) is 24.9 Å². The summed E-state index contributed by atoms with van der Waals surface area (Å²) in [6, 6.07) is -2.18. The molecule has 5 atom stereocenters. The van der Waals surface area contributed by atoms with Gasteiger partial charge < -0.3 is 25.4 Å². The van der Waals surface area contributed by atoms with Gasteiger partial charge in [0.25, 0.3) is 0 Å². The van der Waals surface area contributed by atoms with Crippen molar-refractivity contribution in [3.63, 3.8) is 0 Å². The van der Waals surface area contributed by atoms with Crippen LogP contribution in [0.4, 0.5) is 0 Å². The number of aliphatic hydroxyl groups excluding tert-OH is 3. The molecule has 1 heterocycles. The minimum atomic E-state index is -1.48. The molecule has 0 aromatic heterocycles. The summed E-state index contributed by atoms with van der Waals surface area (Å²) < 4.78 is 4.95. The van der Waals surface area contributed by atoms with Crippen molar-refractivity contribution in [2.45, 2.75) is 37.5 Å². The molecule has 0 saturated carbocycles. The quantitative estimate of drug-likeness (QED) is 0.264. The van der Waals surface area contributed by atoms with Gasteiger partial charge in [-0.15, -0.1) is 0 Å². The molecule has 9 nitrogen and oxygen atoms in total. The van der Waals surface area contributed by atoms with Crippen LogP contribution in [0.3, 0.4) is 0 Å². The van der Waals surface area contributed by atoms with Gasteiger partial charge >= 0.3 is 0 Å². The zero-order valence-electron chi connectivity index (χ0n) is 9.09. The molecule has 1 amide bonds. The molecule has 1 fully saturated rings. The van der Waals surface area contributed by atoms with E-state index in [1.807, 2.05) is 0 Å². The number of hydrogen-bond donors (Lipinski definition) is 4. The van der Waals surface area contributed by atoms with E-state index in [-0.39, 0.29) is 0 Å². The number of azide groups is 1. The van der Waals surface area contributed by atoms with Gasteiger partial charge in [-0.1, -0.05) is 5.11 Å². The summed E-state index contributed by atoms with van der Waals surface area (Å²) in [5, 5.41) is 33.9. The maximum atomic E-state index is 10.9. The lowest BCUT2D eigenvalue weighted by Crippen LogP contribution is -2.63. The van der Waals surface area contributed by atoms with Gasteiger partial charge in [-0.25, -0.2) is 0 Å². The summed E-state index contributed by atoms with van der Waals surface area (Å²) in [7, 11) is 0. The average Bonchev–Trinajstić information content (AvgIpc) is 2.27. The summed E-state index contributed by atoms with van der Waals surface area (Å²) >= 11 is 0. The molecular weight excluding hydrogens is 232 g/mol.